The summed E-state index contributed by atoms with van der Waals surface area (Å²) in [5, 5.41) is 21.8. The number of carboxylic acids is 1. The smallest absolute Gasteiger partial charge is 0.326 e. The summed E-state index contributed by atoms with van der Waals surface area (Å²) in [6.45, 7) is -0.396. The number of benzene rings is 1. The summed E-state index contributed by atoms with van der Waals surface area (Å²) in [7, 11) is 0. The van der Waals surface area contributed by atoms with Gasteiger partial charge in [-0.15, -0.1) is 0 Å². The Morgan fingerprint density at radius 1 is 1.42 bits per heavy atom. The lowest BCUT2D eigenvalue weighted by atomic mass is 10.2. The van der Waals surface area contributed by atoms with E-state index in [4.69, 9.17) is 21.8 Å². The van der Waals surface area contributed by atoms with Crippen LogP contribution in [0.15, 0.2) is 18.2 Å². The van der Waals surface area contributed by atoms with Crippen molar-refractivity contribution in [3.63, 3.8) is 0 Å². The molecule has 0 unspecified atom stereocenters. The summed E-state index contributed by atoms with van der Waals surface area (Å²) in [5.74, 6) is -2.03. The number of urea groups is 1. The molecule has 0 saturated heterocycles. The number of aliphatic hydroxyl groups excluding tert-OH is 1. The molecule has 1 rings (SSSR count). The number of aliphatic carboxylic acids is 1. The predicted molar refractivity (Wildman–Crippen MR) is 66.7 cm³/mol. The van der Waals surface area contributed by atoms with Crippen molar-refractivity contribution < 1.29 is 24.2 Å². The Hall–Kier alpha value is -1.86. The Balaban J connectivity index is 2.66. The van der Waals surface area contributed by atoms with Gasteiger partial charge in [-0.1, -0.05) is 11.6 Å². The van der Waals surface area contributed by atoms with Crippen LogP contribution in [0, 0.1) is 5.82 Å². The van der Waals surface area contributed by atoms with Gasteiger partial charge < -0.3 is 20.8 Å². The topological polar surface area (TPSA) is 98.7 Å². The fourth-order valence-electron chi connectivity index (χ4n) is 1.29. The first-order valence-corrected chi connectivity index (χ1v) is 5.68. The zero-order valence-electron chi connectivity index (χ0n) is 9.69. The van der Waals surface area contributed by atoms with Crippen LogP contribution in [0.1, 0.15) is 6.42 Å². The first-order valence-electron chi connectivity index (χ1n) is 5.30. The van der Waals surface area contributed by atoms with Gasteiger partial charge in [0.05, 0.1) is 5.69 Å². The standard InChI is InChI=1S/C11H12ClFN2O4/c12-6-1-2-8(7(13)5-6)14-11(19)15-9(3-4-16)10(17)18/h1-2,5,9,16H,3-4H2,(H,17,18)(H2,14,15,19)/t9-/m0/s1. The highest BCUT2D eigenvalue weighted by atomic mass is 35.5. The van der Waals surface area contributed by atoms with Gasteiger partial charge in [-0.25, -0.2) is 14.0 Å². The molecule has 1 aromatic carbocycles. The second-order valence-electron chi connectivity index (χ2n) is 3.63. The van der Waals surface area contributed by atoms with Crippen LogP contribution in [-0.2, 0) is 4.79 Å². The molecule has 1 aromatic rings. The Bertz CT molecular complexity index is 484. The van der Waals surface area contributed by atoms with Crippen LogP contribution in [0.4, 0.5) is 14.9 Å². The van der Waals surface area contributed by atoms with Crippen LogP contribution in [0.2, 0.25) is 5.02 Å². The maximum absolute atomic E-state index is 13.4. The average molecular weight is 291 g/mol. The molecule has 0 heterocycles. The Morgan fingerprint density at radius 3 is 2.63 bits per heavy atom. The molecule has 1 atom stereocenters. The first-order chi connectivity index (χ1) is 8.93. The lowest BCUT2D eigenvalue weighted by molar-refractivity contribution is -0.139. The molecule has 0 radical (unpaired) electrons. The van der Waals surface area contributed by atoms with Crippen molar-refractivity contribution in [3.8, 4) is 0 Å². The monoisotopic (exact) mass is 290 g/mol. The zero-order chi connectivity index (χ0) is 14.4. The quantitative estimate of drug-likeness (QED) is 0.659. The maximum atomic E-state index is 13.4. The van der Waals surface area contributed by atoms with Crippen molar-refractivity contribution in [1.29, 1.82) is 0 Å². The third kappa shape index (κ3) is 4.72. The summed E-state index contributed by atoms with van der Waals surface area (Å²) in [6.07, 6.45) is -0.147. The van der Waals surface area contributed by atoms with E-state index >= 15 is 0 Å². The third-order valence-electron chi connectivity index (χ3n) is 2.20. The number of nitrogens with one attached hydrogen (secondary N) is 2. The maximum Gasteiger partial charge on any atom is 0.326 e. The minimum atomic E-state index is -1.29. The van der Waals surface area contributed by atoms with Gasteiger partial charge >= 0.3 is 12.0 Å². The Labute approximate surface area is 113 Å². The lowest BCUT2D eigenvalue weighted by Crippen LogP contribution is -2.43. The minimum absolute atomic E-state index is 0.130. The molecule has 4 N–H and O–H groups in total. The number of anilines is 1. The SMILES string of the molecule is O=C(Nc1ccc(Cl)cc1F)N[C@@H](CCO)C(=O)O. The number of halogens is 2. The molecule has 104 valence electrons. The highest BCUT2D eigenvalue weighted by molar-refractivity contribution is 6.30. The van der Waals surface area contributed by atoms with E-state index in [-0.39, 0.29) is 17.1 Å². The molecular formula is C11H12ClFN2O4. The van der Waals surface area contributed by atoms with Crippen LogP contribution in [-0.4, -0.2) is 34.9 Å². The summed E-state index contributed by atoms with van der Waals surface area (Å²) < 4.78 is 13.4. The molecule has 8 heteroatoms. The van der Waals surface area contributed by atoms with Gasteiger partial charge in [-0.05, 0) is 18.2 Å². The molecule has 0 saturated carbocycles. The van der Waals surface area contributed by atoms with Crippen molar-refractivity contribution in [2.24, 2.45) is 0 Å². The zero-order valence-corrected chi connectivity index (χ0v) is 10.4. The number of aliphatic hydroxyl groups is 1. The first kappa shape index (κ1) is 15.2. The molecular weight excluding hydrogens is 279 g/mol. The molecule has 0 aliphatic rings. The fraction of sp³-hybridized carbons (Fsp3) is 0.273. The highest BCUT2D eigenvalue weighted by Crippen LogP contribution is 2.18. The van der Waals surface area contributed by atoms with Gasteiger partial charge in [0, 0.05) is 18.1 Å². The lowest BCUT2D eigenvalue weighted by Gasteiger charge is -2.14. The van der Waals surface area contributed by atoms with E-state index in [1.165, 1.54) is 12.1 Å². The summed E-state index contributed by atoms with van der Waals surface area (Å²) in [5.41, 5.74) is -0.130. The normalized spacial score (nSPS) is 11.7. The molecule has 19 heavy (non-hydrogen) atoms. The van der Waals surface area contributed by atoms with Gasteiger partial charge in [0.2, 0.25) is 0 Å². The van der Waals surface area contributed by atoms with Gasteiger partial charge in [-0.2, -0.15) is 0 Å². The number of amides is 2. The van der Waals surface area contributed by atoms with Crippen molar-refractivity contribution >= 4 is 29.3 Å². The second kappa shape index (κ2) is 6.91. The number of carbonyl (C=O) groups excluding carboxylic acids is 1. The van der Waals surface area contributed by atoms with Gasteiger partial charge in [-0.3, -0.25) is 0 Å². The van der Waals surface area contributed by atoms with E-state index in [1.807, 2.05) is 0 Å². The van der Waals surface area contributed by atoms with E-state index in [1.54, 1.807) is 0 Å². The second-order valence-corrected chi connectivity index (χ2v) is 4.06. The minimum Gasteiger partial charge on any atom is -0.480 e. The molecule has 6 nitrogen and oxygen atoms in total. The molecule has 0 fully saturated rings. The number of carbonyl (C=O) groups is 2. The van der Waals surface area contributed by atoms with Crippen molar-refractivity contribution in [2.75, 3.05) is 11.9 Å². The van der Waals surface area contributed by atoms with Crippen LogP contribution in [0.5, 0.6) is 0 Å². The van der Waals surface area contributed by atoms with Gasteiger partial charge in [0.25, 0.3) is 0 Å². The van der Waals surface area contributed by atoms with Crippen LogP contribution >= 0.6 is 11.6 Å². The van der Waals surface area contributed by atoms with E-state index in [0.717, 1.165) is 6.07 Å². The molecule has 0 aliphatic carbocycles. The molecule has 0 spiro atoms. The summed E-state index contributed by atoms with van der Waals surface area (Å²) in [6, 6.07) is 1.50. The number of carboxylic acid groups (broad SMARTS) is 1. The van der Waals surface area contributed by atoms with E-state index in [9.17, 15) is 14.0 Å². The van der Waals surface area contributed by atoms with Crippen LogP contribution < -0.4 is 10.6 Å². The highest BCUT2D eigenvalue weighted by Gasteiger charge is 2.19. The molecule has 2 amide bonds. The average Bonchev–Trinajstić information content (AvgIpc) is 2.32. The van der Waals surface area contributed by atoms with Gasteiger partial charge in [0.15, 0.2) is 0 Å². The number of hydrogen-bond donors (Lipinski definition) is 4. The fourth-order valence-corrected chi connectivity index (χ4v) is 1.45. The molecule has 0 bridgehead atoms. The largest absolute Gasteiger partial charge is 0.480 e. The van der Waals surface area contributed by atoms with Crippen LogP contribution in [0.25, 0.3) is 0 Å². The Kier molecular flexibility index (Phi) is 5.53. The van der Waals surface area contributed by atoms with Crippen molar-refractivity contribution in [2.45, 2.75) is 12.5 Å². The van der Waals surface area contributed by atoms with Crippen LogP contribution in [0.3, 0.4) is 0 Å². The predicted octanol–water partition coefficient (Wildman–Crippen LogP) is 1.44. The molecule has 0 aliphatic heterocycles. The van der Waals surface area contributed by atoms with Gasteiger partial charge in [0.1, 0.15) is 11.9 Å². The summed E-state index contributed by atoms with van der Waals surface area (Å²) >= 11 is 5.55. The van der Waals surface area contributed by atoms with E-state index in [0.29, 0.717) is 0 Å². The number of hydrogen-bond acceptors (Lipinski definition) is 3. The van der Waals surface area contributed by atoms with Crippen molar-refractivity contribution in [3.05, 3.63) is 29.0 Å². The van der Waals surface area contributed by atoms with Crippen molar-refractivity contribution in [1.82, 2.24) is 5.32 Å². The third-order valence-corrected chi connectivity index (χ3v) is 2.44. The number of rotatable bonds is 5. The molecule has 0 aromatic heterocycles. The Morgan fingerprint density at radius 2 is 2.11 bits per heavy atom. The summed E-state index contributed by atoms with van der Waals surface area (Å²) in [4.78, 5) is 22.2. The van der Waals surface area contributed by atoms with E-state index in [2.05, 4.69) is 10.6 Å². The van der Waals surface area contributed by atoms with E-state index < -0.39 is 30.5 Å².